The van der Waals surface area contributed by atoms with Crippen LogP contribution in [0.2, 0.25) is 0 Å². The lowest BCUT2D eigenvalue weighted by Gasteiger charge is -2.21. The van der Waals surface area contributed by atoms with Crippen LogP contribution in [0.5, 0.6) is 11.5 Å². The summed E-state index contributed by atoms with van der Waals surface area (Å²) < 4.78 is 10.6. The molecule has 1 N–H and O–H groups in total. The second kappa shape index (κ2) is 7.48. The van der Waals surface area contributed by atoms with Crippen LogP contribution in [0.3, 0.4) is 0 Å². The highest BCUT2D eigenvalue weighted by molar-refractivity contribution is 7.10. The van der Waals surface area contributed by atoms with Crippen LogP contribution in [0.15, 0.2) is 35.7 Å². The minimum absolute atomic E-state index is 0.363. The van der Waals surface area contributed by atoms with E-state index in [1.807, 2.05) is 18.2 Å². The van der Waals surface area contributed by atoms with Crippen LogP contribution in [0.25, 0.3) is 0 Å². The predicted octanol–water partition coefficient (Wildman–Crippen LogP) is 4.25. The predicted molar refractivity (Wildman–Crippen MR) is 88.3 cm³/mol. The number of hydrogen-bond acceptors (Lipinski definition) is 4. The molecule has 2 rings (SSSR count). The summed E-state index contributed by atoms with van der Waals surface area (Å²) >= 11 is 1.80. The summed E-state index contributed by atoms with van der Waals surface area (Å²) in [7, 11) is 3.35. The molecule has 0 aliphatic heterocycles. The molecule has 21 heavy (non-hydrogen) atoms. The summed E-state index contributed by atoms with van der Waals surface area (Å²) in [4.78, 5) is 1.37. The van der Waals surface area contributed by atoms with E-state index in [9.17, 15) is 0 Å². The average molecular weight is 305 g/mol. The third-order valence-corrected chi connectivity index (χ3v) is 4.41. The highest BCUT2D eigenvalue weighted by Crippen LogP contribution is 2.27. The van der Waals surface area contributed by atoms with Gasteiger partial charge in [0.2, 0.25) is 0 Å². The van der Waals surface area contributed by atoms with E-state index in [-0.39, 0.29) is 0 Å². The number of nitrogens with one attached hydrogen (secondary N) is 1. The molecule has 1 heterocycles. The zero-order valence-electron chi connectivity index (χ0n) is 13.1. The highest BCUT2D eigenvalue weighted by atomic mass is 32.1. The molecule has 0 aliphatic rings. The lowest BCUT2D eigenvalue weighted by Crippen LogP contribution is -2.24. The summed E-state index contributed by atoms with van der Waals surface area (Å²) in [5.41, 5.74) is 1.16. The summed E-state index contributed by atoms with van der Waals surface area (Å²) in [5, 5.41) is 5.77. The Balaban J connectivity index is 2.10. The van der Waals surface area contributed by atoms with Gasteiger partial charge in [-0.05, 0) is 35.1 Å². The third kappa shape index (κ3) is 4.22. The minimum atomic E-state index is 0.363. The van der Waals surface area contributed by atoms with Gasteiger partial charge in [-0.25, -0.2) is 0 Å². The van der Waals surface area contributed by atoms with Crippen molar-refractivity contribution in [1.82, 2.24) is 5.32 Å². The summed E-state index contributed by atoms with van der Waals surface area (Å²) in [6.45, 7) is 5.27. The van der Waals surface area contributed by atoms with Crippen LogP contribution in [0, 0.1) is 5.92 Å². The van der Waals surface area contributed by atoms with E-state index in [4.69, 9.17) is 9.47 Å². The SMILES string of the molecule is COc1cc(CNC(c2cccs2)C(C)C)cc(OC)c1. The van der Waals surface area contributed by atoms with Crippen molar-refractivity contribution in [3.63, 3.8) is 0 Å². The molecule has 1 aromatic heterocycles. The Kier molecular flexibility index (Phi) is 5.65. The molecule has 1 atom stereocenters. The zero-order chi connectivity index (χ0) is 15.2. The minimum Gasteiger partial charge on any atom is -0.497 e. The van der Waals surface area contributed by atoms with Crippen molar-refractivity contribution in [2.24, 2.45) is 5.92 Å². The topological polar surface area (TPSA) is 30.5 Å². The Bertz CT molecular complexity index is 530. The van der Waals surface area contributed by atoms with Crippen molar-refractivity contribution in [3.05, 3.63) is 46.2 Å². The molecule has 0 fully saturated rings. The Morgan fingerprint density at radius 1 is 1.10 bits per heavy atom. The number of hydrogen-bond donors (Lipinski definition) is 1. The second-order valence-electron chi connectivity index (χ2n) is 5.34. The van der Waals surface area contributed by atoms with Gasteiger partial charge in [-0.2, -0.15) is 0 Å². The van der Waals surface area contributed by atoms with Gasteiger partial charge in [0.25, 0.3) is 0 Å². The van der Waals surface area contributed by atoms with E-state index in [0.717, 1.165) is 23.6 Å². The van der Waals surface area contributed by atoms with Gasteiger partial charge in [-0.15, -0.1) is 11.3 Å². The molecule has 0 saturated heterocycles. The number of methoxy groups -OCH3 is 2. The lowest BCUT2D eigenvalue weighted by molar-refractivity contribution is 0.390. The van der Waals surface area contributed by atoms with Crippen molar-refractivity contribution in [1.29, 1.82) is 0 Å². The van der Waals surface area contributed by atoms with Gasteiger partial charge in [0.15, 0.2) is 0 Å². The maximum absolute atomic E-state index is 5.32. The van der Waals surface area contributed by atoms with Crippen LogP contribution < -0.4 is 14.8 Å². The largest absolute Gasteiger partial charge is 0.497 e. The van der Waals surface area contributed by atoms with Crippen LogP contribution in [-0.4, -0.2) is 14.2 Å². The average Bonchev–Trinajstić information content (AvgIpc) is 3.00. The van der Waals surface area contributed by atoms with Gasteiger partial charge < -0.3 is 14.8 Å². The molecule has 114 valence electrons. The molecule has 0 aliphatic carbocycles. The zero-order valence-corrected chi connectivity index (χ0v) is 13.9. The van der Waals surface area contributed by atoms with E-state index in [0.29, 0.717) is 12.0 Å². The maximum Gasteiger partial charge on any atom is 0.122 e. The molecule has 0 radical (unpaired) electrons. The van der Waals surface area contributed by atoms with Crippen LogP contribution in [0.4, 0.5) is 0 Å². The van der Waals surface area contributed by atoms with Gasteiger partial charge in [0.1, 0.15) is 11.5 Å². The van der Waals surface area contributed by atoms with E-state index < -0.39 is 0 Å². The molecule has 1 unspecified atom stereocenters. The molecule has 0 amide bonds. The van der Waals surface area contributed by atoms with E-state index in [2.05, 4.69) is 36.7 Å². The summed E-state index contributed by atoms with van der Waals surface area (Å²) in [6.07, 6.45) is 0. The Hall–Kier alpha value is -1.52. The van der Waals surface area contributed by atoms with Crippen molar-refractivity contribution in [3.8, 4) is 11.5 Å². The number of ether oxygens (including phenoxy) is 2. The first-order chi connectivity index (χ1) is 10.1. The number of benzene rings is 1. The number of rotatable bonds is 7. The molecule has 0 spiro atoms. The normalized spacial score (nSPS) is 12.4. The molecular formula is C17H23NO2S. The van der Waals surface area contributed by atoms with Crippen molar-refractivity contribution < 1.29 is 9.47 Å². The molecule has 3 nitrogen and oxygen atoms in total. The Morgan fingerprint density at radius 3 is 2.24 bits per heavy atom. The van der Waals surface area contributed by atoms with Gasteiger partial charge in [0, 0.05) is 23.5 Å². The molecule has 0 saturated carbocycles. The first-order valence-electron chi connectivity index (χ1n) is 7.12. The van der Waals surface area contributed by atoms with Crippen LogP contribution >= 0.6 is 11.3 Å². The van der Waals surface area contributed by atoms with E-state index in [1.165, 1.54) is 4.88 Å². The van der Waals surface area contributed by atoms with Gasteiger partial charge in [-0.1, -0.05) is 19.9 Å². The van der Waals surface area contributed by atoms with Crippen LogP contribution in [0.1, 0.15) is 30.3 Å². The fraction of sp³-hybridized carbons (Fsp3) is 0.412. The fourth-order valence-corrected chi connectivity index (χ4v) is 3.30. The van der Waals surface area contributed by atoms with E-state index in [1.54, 1.807) is 25.6 Å². The first-order valence-corrected chi connectivity index (χ1v) is 8.00. The molecule has 4 heteroatoms. The quantitative estimate of drug-likeness (QED) is 0.829. The first kappa shape index (κ1) is 15.9. The van der Waals surface area contributed by atoms with Gasteiger partial charge in [0.05, 0.1) is 14.2 Å². The second-order valence-corrected chi connectivity index (χ2v) is 6.32. The van der Waals surface area contributed by atoms with E-state index >= 15 is 0 Å². The van der Waals surface area contributed by atoms with Crippen LogP contribution in [-0.2, 0) is 6.54 Å². The summed E-state index contributed by atoms with van der Waals surface area (Å²) in [5.74, 6) is 2.18. The van der Waals surface area contributed by atoms with Gasteiger partial charge in [-0.3, -0.25) is 0 Å². The fourth-order valence-electron chi connectivity index (χ4n) is 2.33. The summed E-state index contributed by atoms with van der Waals surface area (Å²) in [6, 6.07) is 10.6. The lowest BCUT2D eigenvalue weighted by atomic mass is 10.0. The molecular weight excluding hydrogens is 282 g/mol. The monoisotopic (exact) mass is 305 g/mol. The molecule has 2 aromatic rings. The Labute approximate surface area is 130 Å². The van der Waals surface area contributed by atoms with Gasteiger partial charge >= 0.3 is 0 Å². The number of thiophene rings is 1. The van der Waals surface area contributed by atoms with Crippen molar-refractivity contribution in [2.45, 2.75) is 26.4 Å². The highest BCUT2D eigenvalue weighted by Gasteiger charge is 2.16. The smallest absolute Gasteiger partial charge is 0.122 e. The molecule has 1 aromatic carbocycles. The van der Waals surface area contributed by atoms with Crippen molar-refractivity contribution in [2.75, 3.05) is 14.2 Å². The molecule has 0 bridgehead atoms. The van der Waals surface area contributed by atoms with Crippen molar-refractivity contribution >= 4 is 11.3 Å². The maximum atomic E-state index is 5.32. The third-order valence-electron chi connectivity index (χ3n) is 3.45. The Morgan fingerprint density at radius 2 is 1.76 bits per heavy atom. The standard InChI is InChI=1S/C17H23NO2S/c1-12(2)17(16-6-5-7-21-16)18-11-13-8-14(19-3)10-15(9-13)20-4/h5-10,12,17-18H,11H2,1-4H3.